The SMILES string of the molecule is CC1[B]CC(C)[B]1. The van der Waals surface area contributed by atoms with Crippen LogP contribution in [-0.4, -0.2) is 14.6 Å². The van der Waals surface area contributed by atoms with Crippen LogP contribution in [0.25, 0.3) is 0 Å². The summed E-state index contributed by atoms with van der Waals surface area (Å²) in [5.41, 5.74) is 0.773. The van der Waals surface area contributed by atoms with Gasteiger partial charge in [0.1, 0.15) is 14.6 Å². The van der Waals surface area contributed by atoms with Gasteiger partial charge >= 0.3 is 0 Å². The smallest absolute Gasteiger partial charge is 0.0973 e. The lowest BCUT2D eigenvalue weighted by atomic mass is 9.54. The fourth-order valence-electron chi connectivity index (χ4n) is 1.10. The zero-order valence-corrected chi connectivity index (χ0v) is 5.02. The molecule has 2 atom stereocenters. The third-order valence-corrected chi connectivity index (χ3v) is 1.51. The molecule has 0 aromatic heterocycles. The molecule has 1 saturated heterocycles. The molecule has 0 bridgehead atoms. The monoisotopic (exact) mass is 92.1 g/mol. The van der Waals surface area contributed by atoms with Gasteiger partial charge in [-0.3, -0.25) is 0 Å². The van der Waals surface area contributed by atoms with Crippen molar-refractivity contribution in [2.24, 2.45) is 0 Å². The van der Waals surface area contributed by atoms with E-state index in [0.717, 1.165) is 11.5 Å². The first-order valence-electron chi connectivity index (χ1n) is 2.97. The van der Waals surface area contributed by atoms with E-state index in [1.807, 2.05) is 0 Å². The first-order chi connectivity index (χ1) is 3.29. The van der Waals surface area contributed by atoms with Gasteiger partial charge in [-0.25, -0.2) is 0 Å². The van der Waals surface area contributed by atoms with Crippen molar-refractivity contribution in [3.8, 4) is 0 Å². The molecule has 0 spiro atoms. The number of rotatable bonds is 0. The molecule has 0 aromatic rings. The number of hydrogen-bond donors (Lipinski definition) is 0. The Hall–Kier alpha value is 0.130. The summed E-state index contributed by atoms with van der Waals surface area (Å²) < 4.78 is 0. The maximum absolute atomic E-state index is 2.39. The van der Waals surface area contributed by atoms with E-state index in [4.69, 9.17) is 0 Å². The quantitative estimate of drug-likeness (QED) is 0.396. The predicted octanol–water partition coefficient (Wildman–Crippen LogP) is 1.40. The Morgan fingerprint density at radius 2 is 2.14 bits per heavy atom. The standard InChI is InChI=1S/C5H10B2/c1-4-3-6-5(2)7-4/h4-5H,3H2,1-2H3. The Labute approximate surface area is 47.2 Å². The Bertz CT molecular complexity index is 55.1. The van der Waals surface area contributed by atoms with Crippen LogP contribution in [0.1, 0.15) is 13.8 Å². The zero-order valence-electron chi connectivity index (χ0n) is 5.02. The first kappa shape index (κ1) is 5.27. The first-order valence-corrected chi connectivity index (χ1v) is 2.97. The van der Waals surface area contributed by atoms with Crippen LogP contribution in [0.4, 0.5) is 0 Å². The molecule has 1 fully saturated rings. The molecule has 36 valence electrons. The minimum absolute atomic E-state index is 0.773. The van der Waals surface area contributed by atoms with Gasteiger partial charge in [0.25, 0.3) is 0 Å². The average molecular weight is 91.8 g/mol. The minimum atomic E-state index is 0.773. The molecule has 0 amide bonds. The van der Waals surface area contributed by atoms with Crippen molar-refractivity contribution in [1.29, 1.82) is 0 Å². The van der Waals surface area contributed by atoms with Crippen molar-refractivity contribution < 1.29 is 0 Å². The zero-order chi connectivity index (χ0) is 5.28. The van der Waals surface area contributed by atoms with Crippen molar-refractivity contribution in [3.05, 3.63) is 0 Å². The van der Waals surface area contributed by atoms with Crippen molar-refractivity contribution in [2.45, 2.75) is 31.7 Å². The summed E-state index contributed by atoms with van der Waals surface area (Å²) >= 11 is 0. The molecule has 1 heterocycles. The van der Waals surface area contributed by atoms with Crippen LogP contribution < -0.4 is 0 Å². The molecule has 2 radical (unpaired) electrons. The molecule has 2 unspecified atom stereocenters. The lowest BCUT2D eigenvalue weighted by molar-refractivity contribution is 1.07. The van der Waals surface area contributed by atoms with Crippen molar-refractivity contribution in [3.63, 3.8) is 0 Å². The van der Waals surface area contributed by atoms with E-state index in [1.165, 1.54) is 6.32 Å². The van der Waals surface area contributed by atoms with Crippen LogP contribution >= 0.6 is 0 Å². The molecule has 2 heteroatoms. The van der Waals surface area contributed by atoms with Crippen LogP contribution in [0.3, 0.4) is 0 Å². The molecule has 7 heavy (non-hydrogen) atoms. The van der Waals surface area contributed by atoms with Gasteiger partial charge in [-0.05, 0) is 0 Å². The van der Waals surface area contributed by atoms with Crippen LogP contribution in [0.15, 0.2) is 0 Å². The summed E-state index contributed by atoms with van der Waals surface area (Å²) in [6.07, 6.45) is 1.29. The van der Waals surface area contributed by atoms with Crippen molar-refractivity contribution in [2.75, 3.05) is 0 Å². The Balaban J connectivity index is 2.26. The largest absolute Gasteiger partial charge is 0.106 e. The second-order valence-electron chi connectivity index (χ2n) is 2.50. The van der Waals surface area contributed by atoms with Crippen LogP contribution in [0.5, 0.6) is 0 Å². The van der Waals surface area contributed by atoms with Gasteiger partial charge in [-0.2, -0.15) is 0 Å². The van der Waals surface area contributed by atoms with Gasteiger partial charge in [-0.1, -0.05) is 31.7 Å². The highest BCUT2D eigenvalue weighted by atomic mass is 13.9. The Morgan fingerprint density at radius 1 is 1.43 bits per heavy atom. The highest BCUT2D eigenvalue weighted by Crippen LogP contribution is 2.24. The summed E-state index contributed by atoms with van der Waals surface area (Å²) in [5.74, 6) is 0.843. The molecule has 0 nitrogen and oxygen atoms in total. The summed E-state index contributed by atoms with van der Waals surface area (Å²) in [5, 5.41) is 0. The van der Waals surface area contributed by atoms with E-state index in [1.54, 1.807) is 0 Å². The molecule has 1 aliphatic rings. The van der Waals surface area contributed by atoms with E-state index in [9.17, 15) is 0 Å². The van der Waals surface area contributed by atoms with Gasteiger partial charge in [0.05, 0.1) is 0 Å². The lowest BCUT2D eigenvalue weighted by Gasteiger charge is -1.94. The summed E-state index contributed by atoms with van der Waals surface area (Å²) in [4.78, 5) is 0. The minimum Gasteiger partial charge on any atom is -0.0973 e. The Morgan fingerprint density at radius 3 is 2.29 bits per heavy atom. The predicted molar refractivity (Wildman–Crippen MR) is 35.2 cm³/mol. The van der Waals surface area contributed by atoms with Crippen LogP contribution in [-0.2, 0) is 0 Å². The van der Waals surface area contributed by atoms with E-state index in [2.05, 4.69) is 28.4 Å². The summed E-state index contributed by atoms with van der Waals surface area (Å²) in [6, 6.07) is 0. The fourth-order valence-corrected chi connectivity index (χ4v) is 1.10. The molecule has 0 aromatic carbocycles. The van der Waals surface area contributed by atoms with Gasteiger partial charge in [-0.15, -0.1) is 0 Å². The maximum atomic E-state index is 2.39. The van der Waals surface area contributed by atoms with Gasteiger partial charge in [0.2, 0.25) is 0 Å². The lowest BCUT2D eigenvalue weighted by Crippen LogP contribution is -1.94. The topological polar surface area (TPSA) is 0 Å². The van der Waals surface area contributed by atoms with E-state index >= 15 is 0 Å². The van der Waals surface area contributed by atoms with E-state index in [0.29, 0.717) is 0 Å². The normalized spacial score (nSPS) is 39.7. The second-order valence-corrected chi connectivity index (χ2v) is 2.50. The molecule has 1 aliphatic heterocycles. The molecule has 1 rings (SSSR count). The molecule has 0 aliphatic carbocycles. The molecule has 0 saturated carbocycles. The average Bonchev–Trinajstić information content (AvgIpc) is 1.87. The van der Waals surface area contributed by atoms with Gasteiger partial charge < -0.3 is 0 Å². The van der Waals surface area contributed by atoms with Crippen LogP contribution in [0.2, 0.25) is 17.9 Å². The molecule has 0 N–H and O–H groups in total. The third-order valence-electron chi connectivity index (χ3n) is 1.51. The van der Waals surface area contributed by atoms with E-state index < -0.39 is 0 Å². The summed E-state index contributed by atoms with van der Waals surface area (Å²) in [7, 11) is 4.75. The van der Waals surface area contributed by atoms with Gasteiger partial charge in [0.15, 0.2) is 0 Å². The van der Waals surface area contributed by atoms with E-state index in [-0.39, 0.29) is 0 Å². The highest BCUT2D eigenvalue weighted by molar-refractivity contribution is 6.65. The van der Waals surface area contributed by atoms with Crippen molar-refractivity contribution >= 4 is 14.6 Å². The van der Waals surface area contributed by atoms with Crippen molar-refractivity contribution in [1.82, 2.24) is 0 Å². The molecular weight excluding hydrogens is 81.7 g/mol. The van der Waals surface area contributed by atoms with Crippen LogP contribution in [0, 0.1) is 0 Å². The summed E-state index contributed by atoms with van der Waals surface area (Å²) in [6.45, 7) is 4.50. The fraction of sp³-hybridized carbons (Fsp3) is 1.00. The third kappa shape index (κ3) is 1.25. The molecular formula is C5H10B2. The van der Waals surface area contributed by atoms with Gasteiger partial charge in [0, 0.05) is 0 Å². The Kier molecular flexibility index (Phi) is 1.46. The second kappa shape index (κ2) is 1.94. The highest BCUT2D eigenvalue weighted by Gasteiger charge is 2.18. The number of hydrogen-bond acceptors (Lipinski definition) is 0. The maximum Gasteiger partial charge on any atom is 0.106 e.